The Bertz CT molecular complexity index is 1070. The molecule has 0 radical (unpaired) electrons. The maximum Gasteiger partial charge on any atom is 0.172 e. The van der Waals surface area contributed by atoms with E-state index in [2.05, 4.69) is 25.3 Å². The van der Waals surface area contributed by atoms with Gasteiger partial charge in [-0.1, -0.05) is 0 Å². The number of nitrogens with one attached hydrogen (secondary N) is 2. The zero-order valence-electron chi connectivity index (χ0n) is 14.8. The fourth-order valence-electron chi connectivity index (χ4n) is 2.53. The molecule has 8 heteroatoms. The summed E-state index contributed by atoms with van der Waals surface area (Å²) >= 11 is 1.44. The minimum atomic E-state index is 0.704. The highest BCUT2D eigenvalue weighted by Crippen LogP contribution is 2.28. The van der Waals surface area contributed by atoms with E-state index < -0.39 is 0 Å². The monoisotopic (exact) mass is 379 g/mol. The Hall–Kier alpha value is -3.26. The van der Waals surface area contributed by atoms with Gasteiger partial charge in [-0.25, -0.2) is 15.0 Å². The van der Waals surface area contributed by atoms with Crippen molar-refractivity contribution in [1.29, 1.82) is 0 Å². The van der Waals surface area contributed by atoms with E-state index >= 15 is 0 Å². The molecule has 136 valence electrons. The molecule has 0 bridgehead atoms. The summed E-state index contributed by atoms with van der Waals surface area (Å²) in [6.07, 6.45) is 1.53. The summed E-state index contributed by atoms with van der Waals surface area (Å²) in [5.41, 5.74) is 2.72. The summed E-state index contributed by atoms with van der Waals surface area (Å²) < 4.78 is 10.4. The van der Waals surface area contributed by atoms with Crippen LogP contribution in [0.15, 0.2) is 65.0 Å². The number of rotatable bonds is 6. The largest absolute Gasteiger partial charge is 0.497 e. The first kappa shape index (κ1) is 17.2. The van der Waals surface area contributed by atoms with Crippen molar-refractivity contribution in [3.63, 3.8) is 0 Å². The van der Waals surface area contributed by atoms with Crippen molar-refractivity contribution < 1.29 is 9.47 Å². The SMILES string of the molecule is COc1ccc(Nc2cc(Sc3nc4ccc(OC)cc4[nH]3)ncn2)cc1. The normalized spacial score (nSPS) is 10.7. The Balaban J connectivity index is 1.51. The molecule has 0 saturated carbocycles. The van der Waals surface area contributed by atoms with Crippen molar-refractivity contribution in [2.24, 2.45) is 0 Å². The van der Waals surface area contributed by atoms with Gasteiger partial charge in [-0.3, -0.25) is 0 Å². The lowest BCUT2D eigenvalue weighted by molar-refractivity contribution is 0.415. The number of aromatic nitrogens is 4. The summed E-state index contributed by atoms with van der Waals surface area (Å²) in [5, 5.41) is 4.80. The minimum Gasteiger partial charge on any atom is -0.497 e. The molecule has 2 N–H and O–H groups in total. The highest BCUT2D eigenvalue weighted by atomic mass is 32.2. The molecule has 0 aliphatic carbocycles. The number of hydrogen-bond acceptors (Lipinski definition) is 7. The molecule has 0 aliphatic rings. The second-order valence-corrected chi connectivity index (χ2v) is 6.63. The predicted molar refractivity (Wildman–Crippen MR) is 105 cm³/mol. The van der Waals surface area contributed by atoms with Crippen LogP contribution in [0.1, 0.15) is 0 Å². The number of fused-ring (bicyclic) bond motifs is 1. The zero-order chi connectivity index (χ0) is 18.6. The summed E-state index contributed by atoms with van der Waals surface area (Å²) in [5.74, 6) is 2.30. The van der Waals surface area contributed by atoms with Crippen LogP contribution in [0.3, 0.4) is 0 Å². The van der Waals surface area contributed by atoms with Crippen LogP contribution in [0, 0.1) is 0 Å². The van der Waals surface area contributed by atoms with Crippen molar-refractivity contribution in [2.45, 2.75) is 10.2 Å². The van der Waals surface area contributed by atoms with Crippen LogP contribution in [0.4, 0.5) is 11.5 Å². The molecule has 0 atom stereocenters. The minimum absolute atomic E-state index is 0.704. The van der Waals surface area contributed by atoms with Crippen LogP contribution in [0.5, 0.6) is 11.5 Å². The van der Waals surface area contributed by atoms with Gasteiger partial charge in [0, 0.05) is 17.8 Å². The van der Waals surface area contributed by atoms with E-state index in [0.717, 1.165) is 38.4 Å². The lowest BCUT2D eigenvalue weighted by Gasteiger charge is -2.07. The Kier molecular flexibility index (Phi) is 4.80. The second-order valence-electron chi connectivity index (χ2n) is 5.62. The number of ether oxygens (including phenoxy) is 2. The Morgan fingerprint density at radius 3 is 2.48 bits per heavy atom. The molecule has 2 aromatic carbocycles. The Labute approximate surface area is 160 Å². The molecule has 27 heavy (non-hydrogen) atoms. The first-order chi connectivity index (χ1) is 13.2. The average molecular weight is 379 g/mol. The molecular weight excluding hydrogens is 362 g/mol. The van der Waals surface area contributed by atoms with Gasteiger partial charge in [0.25, 0.3) is 0 Å². The van der Waals surface area contributed by atoms with Gasteiger partial charge in [-0.05, 0) is 48.2 Å². The maximum atomic E-state index is 5.25. The van der Waals surface area contributed by atoms with E-state index in [0.29, 0.717) is 5.82 Å². The molecule has 2 heterocycles. The van der Waals surface area contributed by atoms with Gasteiger partial charge in [0.2, 0.25) is 0 Å². The topological polar surface area (TPSA) is 85.0 Å². The number of nitrogens with zero attached hydrogens (tertiary/aromatic N) is 3. The highest BCUT2D eigenvalue weighted by Gasteiger charge is 2.08. The molecule has 0 aliphatic heterocycles. The van der Waals surface area contributed by atoms with Gasteiger partial charge < -0.3 is 19.8 Å². The smallest absolute Gasteiger partial charge is 0.172 e. The molecule has 2 aromatic heterocycles. The van der Waals surface area contributed by atoms with Gasteiger partial charge >= 0.3 is 0 Å². The van der Waals surface area contributed by atoms with Crippen molar-refractivity contribution in [3.05, 3.63) is 54.9 Å². The highest BCUT2D eigenvalue weighted by molar-refractivity contribution is 7.99. The summed E-state index contributed by atoms with van der Waals surface area (Å²) in [7, 11) is 3.29. The van der Waals surface area contributed by atoms with Gasteiger partial charge in [-0.15, -0.1) is 0 Å². The van der Waals surface area contributed by atoms with Crippen molar-refractivity contribution in [3.8, 4) is 11.5 Å². The van der Waals surface area contributed by atoms with Crippen molar-refractivity contribution in [1.82, 2.24) is 19.9 Å². The summed E-state index contributed by atoms with van der Waals surface area (Å²) in [6, 6.07) is 15.3. The van der Waals surface area contributed by atoms with Gasteiger partial charge in [0.05, 0.1) is 25.3 Å². The Morgan fingerprint density at radius 1 is 0.926 bits per heavy atom. The quantitative estimate of drug-likeness (QED) is 0.484. The third-order valence-corrected chi connectivity index (χ3v) is 4.69. The van der Waals surface area contributed by atoms with Crippen molar-refractivity contribution >= 4 is 34.3 Å². The van der Waals surface area contributed by atoms with Crippen LogP contribution in [0.2, 0.25) is 0 Å². The second kappa shape index (κ2) is 7.55. The number of H-pyrrole nitrogens is 1. The average Bonchev–Trinajstić information content (AvgIpc) is 3.10. The van der Waals surface area contributed by atoms with Crippen molar-refractivity contribution in [2.75, 3.05) is 19.5 Å². The van der Waals surface area contributed by atoms with Gasteiger partial charge in [0.15, 0.2) is 5.16 Å². The molecule has 0 unspecified atom stereocenters. The zero-order valence-corrected chi connectivity index (χ0v) is 15.6. The van der Waals surface area contributed by atoms with E-state index in [1.54, 1.807) is 14.2 Å². The Morgan fingerprint density at radius 2 is 1.70 bits per heavy atom. The van der Waals surface area contributed by atoms with E-state index in [9.17, 15) is 0 Å². The van der Waals surface area contributed by atoms with Crippen LogP contribution in [0.25, 0.3) is 11.0 Å². The predicted octanol–water partition coefficient (Wildman–Crippen LogP) is 4.26. The first-order valence-electron chi connectivity index (χ1n) is 8.18. The number of methoxy groups -OCH3 is 2. The fourth-order valence-corrected chi connectivity index (χ4v) is 3.30. The molecule has 0 fully saturated rings. The number of anilines is 2. The number of imidazole rings is 1. The van der Waals surface area contributed by atoms with E-state index in [1.807, 2.05) is 48.5 Å². The number of hydrogen-bond donors (Lipinski definition) is 2. The molecule has 0 amide bonds. The standard InChI is InChI=1S/C19H17N5O2S/c1-25-13-5-3-12(4-6-13)22-17-10-18(21-11-20-17)27-19-23-15-8-7-14(26-2)9-16(15)24-19/h3-11H,1-2H3,(H,23,24)(H,20,21,22). The maximum absolute atomic E-state index is 5.25. The molecule has 7 nitrogen and oxygen atoms in total. The lowest BCUT2D eigenvalue weighted by atomic mass is 10.3. The number of benzene rings is 2. The third-order valence-electron chi connectivity index (χ3n) is 3.87. The fraction of sp³-hybridized carbons (Fsp3) is 0.105. The summed E-state index contributed by atoms with van der Waals surface area (Å²) in [6.45, 7) is 0. The van der Waals surface area contributed by atoms with E-state index in [1.165, 1.54) is 18.1 Å². The molecule has 0 spiro atoms. The molecule has 4 aromatic rings. The first-order valence-corrected chi connectivity index (χ1v) is 9.00. The third kappa shape index (κ3) is 3.95. The number of aromatic amines is 1. The van der Waals surface area contributed by atoms with Crippen LogP contribution < -0.4 is 14.8 Å². The lowest BCUT2D eigenvalue weighted by Crippen LogP contribution is -1.95. The van der Waals surface area contributed by atoms with Gasteiger partial charge in [-0.2, -0.15) is 0 Å². The van der Waals surface area contributed by atoms with E-state index in [-0.39, 0.29) is 0 Å². The molecule has 4 rings (SSSR count). The van der Waals surface area contributed by atoms with Crippen LogP contribution in [-0.2, 0) is 0 Å². The summed E-state index contributed by atoms with van der Waals surface area (Å²) in [4.78, 5) is 16.4. The van der Waals surface area contributed by atoms with Gasteiger partial charge in [0.1, 0.15) is 28.7 Å². The molecule has 0 saturated heterocycles. The molecular formula is C19H17N5O2S. The van der Waals surface area contributed by atoms with E-state index in [4.69, 9.17) is 9.47 Å². The van der Waals surface area contributed by atoms with Crippen LogP contribution in [-0.4, -0.2) is 34.2 Å². The van der Waals surface area contributed by atoms with Crippen LogP contribution >= 0.6 is 11.8 Å².